The maximum atomic E-state index is 12.9. The van der Waals surface area contributed by atoms with Gasteiger partial charge in [-0.15, -0.1) is 23.5 Å². The molecule has 0 aliphatic carbocycles. The second-order valence-electron chi connectivity index (χ2n) is 15.5. The van der Waals surface area contributed by atoms with Crippen LogP contribution in [0.4, 0.5) is 8.78 Å². The van der Waals surface area contributed by atoms with E-state index in [4.69, 9.17) is 82.4 Å². The summed E-state index contributed by atoms with van der Waals surface area (Å²) in [4.78, 5) is 58.1. The van der Waals surface area contributed by atoms with Crippen molar-refractivity contribution >= 4 is 127 Å². The summed E-state index contributed by atoms with van der Waals surface area (Å²) >= 11 is 35.9. The number of carboxylic acids is 2. The summed E-state index contributed by atoms with van der Waals surface area (Å²) < 4.78 is 40.5. The number of ether oxygens (including phenoxy) is 3. The molecule has 0 unspecified atom stereocenters. The molecule has 0 aliphatic rings. The molecule has 0 amide bonds. The Balaban J connectivity index is 0.000000262. The van der Waals surface area contributed by atoms with E-state index in [-0.39, 0.29) is 40.7 Å². The van der Waals surface area contributed by atoms with Gasteiger partial charge >= 0.3 is 29.8 Å². The molecule has 78 heavy (non-hydrogen) atoms. The molecule has 0 aliphatic heterocycles. The third-order valence-electron chi connectivity index (χ3n) is 10.4. The first kappa shape index (κ1) is 66.7. The highest BCUT2D eigenvalue weighted by molar-refractivity contribution is 9.08. The summed E-state index contributed by atoms with van der Waals surface area (Å²) in [5.74, 6) is -2.60. The maximum absolute atomic E-state index is 12.9. The number of hydrogen-bond donors (Lipinski definition) is 2. The van der Waals surface area contributed by atoms with E-state index >= 15 is 0 Å². The van der Waals surface area contributed by atoms with Crippen molar-refractivity contribution in [3.63, 3.8) is 0 Å². The normalized spacial score (nSPS) is 10.1. The number of aromatic carboxylic acids is 2. The van der Waals surface area contributed by atoms with Crippen LogP contribution in [-0.2, 0) is 31.0 Å². The maximum Gasteiger partial charge on any atom is 0.338 e. The lowest BCUT2D eigenvalue weighted by molar-refractivity contribution is 0.0515. The fraction of sp³-hybridized carbons (Fsp3) is 0.190. The van der Waals surface area contributed by atoms with Crippen molar-refractivity contribution in [3.8, 4) is 0 Å². The van der Waals surface area contributed by atoms with E-state index in [0.29, 0.717) is 89.6 Å². The van der Waals surface area contributed by atoms with E-state index in [1.807, 2.05) is 0 Å². The Morgan fingerprint density at radius 2 is 0.731 bits per heavy atom. The van der Waals surface area contributed by atoms with Gasteiger partial charge in [0.25, 0.3) is 0 Å². The number of carbonyl (C=O) groups is 5. The largest absolute Gasteiger partial charge is 0.478 e. The van der Waals surface area contributed by atoms with Gasteiger partial charge < -0.3 is 24.4 Å². The van der Waals surface area contributed by atoms with Crippen molar-refractivity contribution in [3.05, 3.63) is 232 Å². The van der Waals surface area contributed by atoms with Crippen molar-refractivity contribution in [2.75, 3.05) is 19.8 Å². The number of alkyl halides is 1. The highest BCUT2D eigenvalue weighted by Crippen LogP contribution is 2.31. The highest BCUT2D eigenvalue weighted by Gasteiger charge is 2.17. The molecule has 0 atom stereocenters. The van der Waals surface area contributed by atoms with Gasteiger partial charge in [0.05, 0.1) is 47.6 Å². The van der Waals surface area contributed by atoms with Gasteiger partial charge in [-0.25, -0.2) is 32.8 Å². The molecular formula is C58H52BrCl5F2O10S2. The lowest BCUT2D eigenvalue weighted by Crippen LogP contribution is -2.08. The first-order chi connectivity index (χ1) is 37.2. The van der Waals surface area contributed by atoms with E-state index in [2.05, 4.69) is 15.9 Å². The number of hydrogen-bond acceptors (Lipinski definition) is 10. The molecule has 10 nitrogen and oxygen atoms in total. The molecule has 7 aromatic carbocycles. The van der Waals surface area contributed by atoms with Gasteiger partial charge in [-0.05, 0) is 172 Å². The molecule has 0 saturated heterocycles. The first-order valence-corrected chi connectivity index (χ1v) is 28.3. The zero-order valence-corrected chi connectivity index (χ0v) is 49.5. The van der Waals surface area contributed by atoms with Crippen LogP contribution in [0.1, 0.15) is 100 Å². The number of thioether (sulfide) groups is 2. The third-order valence-corrected chi connectivity index (χ3v) is 14.9. The van der Waals surface area contributed by atoms with Gasteiger partial charge in [-0.3, -0.25) is 0 Å². The zero-order chi connectivity index (χ0) is 57.9. The van der Waals surface area contributed by atoms with E-state index in [1.165, 1.54) is 59.9 Å². The number of halogens is 8. The van der Waals surface area contributed by atoms with Gasteiger partial charge in [0.2, 0.25) is 0 Å². The second-order valence-corrected chi connectivity index (χ2v) is 20.2. The summed E-state index contributed by atoms with van der Waals surface area (Å²) in [6.45, 7) is 9.86. The van der Waals surface area contributed by atoms with E-state index in [1.54, 1.807) is 138 Å². The number of rotatable bonds is 15. The van der Waals surface area contributed by atoms with Gasteiger partial charge in [0.15, 0.2) is 0 Å². The summed E-state index contributed by atoms with van der Waals surface area (Å²) in [5, 5.41) is 20.9. The molecule has 0 heterocycles. The molecule has 0 spiro atoms. The number of benzene rings is 7. The number of carbonyl (C=O) groups excluding carboxylic acids is 3. The Bertz CT molecular complexity index is 3130. The summed E-state index contributed by atoms with van der Waals surface area (Å²) in [7, 11) is 0. The fourth-order valence-corrected chi connectivity index (χ4v) is 10.3. The average molecular weight is 1270 g/mol. The topological polar surface area (TPSA) is 154 Å². The third kappa shape index (κ3) is 21.6. The van der Waals surface area contributed by atoms with Crippen LogP contribution in [0.5, 0.6) is 0 Å². The predicted octanol–water partition coefficient (Wildman–Crippen LogP) is 18.0. The summed E-state index contributed by atoms with van der Waals surface area (Å²) in [6, 6.07) is 37.4. The Labute approximate surface area is 493 Å². The van der Waals surface area contributed by atoms with Crippen LogP contribution in [0.2, 0.25) is 25.1 Å². The molecule has 2 N–H and O–H groups in total. The highest BCUT2D eigenvalue weighted by atomic mass is 79.9. The van der Waals surface area contributed by atoms with Crippen LogP contribution in [-0.4, -0.2) is 59.9 Å². The lowest BCUT2D eigenvalue weighted by Gasteiger charge is -2.10. The second kappa shape index (κ2) is 35.1. The van der Waals surface area contributed by atoms with Gasteiger partial charge in [0, 0.05) is 51.7 Å². The van der Waals surface area contributed by atoms with Crippen LogP contribution >= 0.6 is 97.5 Å². The van der Waals surface area contributed by atoms with Crippen LogP contribution in [0, 0.1) is 25.5 Å². The van der Waals surface area contributed by atoms with E-state index in [0.717, 1.165) is 26.5 Å². The SMILES string of the molecule is CCOC(=O)c1cccc(Cl)c1C.CCOC(=O)c1cccc(Cl)c1CBr.CCOC(=O)c1cccc(Cl)c1CSc1ccc(F)cc1.Cc1c(Cl)cccc1C(=O)O.O=C(O)c1cccc(Cl)c1CSc1ccc(F)cc1. The Morgan fingerprint density at radius 1 is 0.436 bits per heavy atom. The monoisotopic (exact) mass is 1260 g/mol. The molecular weight excluding hydrogens is 1220 g/mol. The smallest absolute Gasteiger partial charge is 0.338 e. The molecule has 0 saturated carbocycles. The van der Waals surface area contributed by atoms with Crippen LogP contribution in [0.15, 0.2) is 149 Å². The molecule has 0 bridgehead atoms. The van der Waals surface area contributed by atoms with Gasteiger partial charge in [0.1, 0.15) is 11.6 Å². The predicted molar refractivity (Wildman–Crippen MR) is 313 cm³/mol. The standard InChI is InChI=1S/C16H14ClFO2S.C14H10ClFO2S.C10H10BrClO2.C10H11ClO2.C8H7ClO2/c1-2-20-16(19)13-4-3-5-15(17)14(13)10-21-12-8-6-11(18)7-9-12;15-13-3-1-2-11(14(17)18)12(13)8-19-10-6-4-9(16)5-7-10;1-2-14-10(13)7-4-3-5-9(12)8(7)6-11;1-3-13-10(12)8-5-4-6-9(11)7(8)2;1-5-6(8(10)11)3-2-4-7(5)9/h3-9H,2,10H2,1H3;1-7H,8H2,(H,17,18);3-5H,2,6H2,1H3;4-6H,3H2,1-2H3;2-4H,1H3,(H,10,11). The molecule has 0 aromatic heterocycles. The lowest BCUT2D eigenvalue weighted by atomic mass is 10.1. The Kier molecular flexibility index (Phi) is 30.0. The molecule has 0 fully saturated rings. The van der Waals surface area contributed by atoms with Gasteiger partial charge in [-0.2, -0.15) is 0 Å². The summed E-state index contributed by atoms with van der Waals surface area (Å²) in [6.07, 6.45) is 0. The van der Waals surface area contributed by atoms with Crippen LogP contribution < -0.4 is 0 Å². The fourth-order valence-electron chi connectivity index (χ4n) is 6.35. The Hall–Kier alpha value is -5.62. The molecule has 20 heteroatoms. The van der Waals surface area contributed by atoms with Crippen molar-refractivity contribution in [1.82, 2.24) is 0 Å². The van der Waals surface area contributed by atoms with E-state index in [9.17, 15) is 32.8 Å². The van der Waals surface area contributed by atoms with Crippen molar-refractivity contribution in [1.29, 1.82) is 0 Å². The number of esters is 3. The van der Waals surface area contributed by atoms with E-state index < -0.39 is 11.9 Å². The zero-order valence-electron chi connectivity index (χ0n) is 42.5. The van der Waals surface area contributed by atoms with Crippen molar-refractivity contribution < 1.29 is 57.2 Å². The number of carboxylic acid groups (broad SMARTS) is 2. The summed E-state index contributed by atoms with van der Waals surface area (Å²) in [5.41, 5.74) is 5.44. The molecule has 7 rings (SSSR count). The minimum absolute atomic E-state index is 0.196. The van der Waals surface area contributed by atoms with Crippen molar-refractivity contribution in [2.45, 2.75) is 61.2 Å². The minimum atomic E-state index is -1.00. The average Bonchev–Trinajstić information content (AvgIpc) is 3.41. The van der Waals surface area contributed by atoms with Crippen LogP contribution in [0.25, 0.3) is 0 Å². The van der Waals surface area contributed by atoms with Gasteiger partial charge in [-0.1, -0.05) is 104 Å². The first-order valence-electron chi connectivity index (χ1n) is 23.3. The Morgan fingerprint density at radius 3 is 1.09 bits per heavy atom. The minimum Gasteiger partial charge on any atom is -0.478 e. The quantitative estimate of drug-likeness (QED) is 0.0435. The van der Waals surface area contributed by atoms with Crippen molar-refractivity contribution in [2.24, 2.45) is 0 Å². The molecule has 412 valence electrons. The molecule has 7 aromatic rings. The molecule has 0 radical (unpaired) electrons. The van der Waals surface area contributed by atoms with Crippen LogP contribution in [0.3, 0.4) is 0 Å².